The first-order valence-electron chi connectivity index (χ1n) is 7.89. The zero-order valence-electron chi connectivity index (χ0n) is 12.7. The highest BCUT2D eigenvalue weighted by Gasteiger charge is 2.30. The van der Waals surface area contributed by atoms with Gasteiger partial charge in [0.15, 0.2) is 0 Å². The van der Waals surface area contributed by atoms with Gasteiger partial charge in [0.05, 0.1) is 0 Å². The first kappa shape index (κ1) is 14.4. The Balaban J connectivity index is 1.69. The van der Waals surface area contributed by atoms with Crippen molar-refractivity contribution in [2.75, 3.05) is 31.9 Å². The maximum atomic E-state index is 3.73. The Morgan fingerprint density at radius 2 is 2.25 bits per heavy atom. The average Bonchev–Trinajstić information content (AvgIpc) is 2.76. The lowest BCUT2D eigenvalue weighted by atomic mass is 9.96. The average molecular weight is 290 g/mol. The van der Waals surface area contributed by atoms with E-state index in [9.17, 15) is 0 Å². The van der Waals surface area contributed by atoms with Crippen LogP contribution in [0.3, 0.4) is 0 Å². The van der Waals surface area contributed by atoms with Gasteiger partial charge in [-0.25, -0.2) is 0 Å². The Kier molecular flexibility index (Phi) is 4.39. The maximum Gasteiger partial charge on any atom is 0.0277 e. The Hall–Kier alpha value is -0.510. The monoisotopic (exact) mass is 290 g/mol. The summed E-state index contributed by atoms with van der Waals surface area (Å²) in [7, 11) is 0. The molecular formula is C17H26N2S. The van der Waals surface area contributed by atoms with Crippen LogP contribution >= 0.6 is 11.8 Å². The molecule has 2 aliphatic heterocycles. The molecule has 0 spiro atoms. The number of nitrogens with zero attached hydrogens (tertiary/aromatic N) is 1. The van der Waals surface area contributed by atoms with Crippen LogP contribution in [0, 0.1) is 0 Å². The van der Waals surface area contributed by atoms with Crippen molar-refractivity contribution in [3.05, 3.63) is 29.8 Å². The van der Waals surface area contributed by atoms with Gasteiger partial charge in [0.2, 0.25) is 0 Å². The zero-order chi connectivity index (χ0) is 14.0. The van der Waals surface area contributed by atoms with Crippen LogP contribution in [-0.4, -0.2) is 42.4 Å². The Morgan fingerprint density at radius 3 is 3.10 bits per heavy atom. The van der Waals surface area contributed by atoms with Crippen molar-refractivity contribution in [2.45, 2.75) is 43.0 Å². The van der Waals surface area contributed by atoms with Gasteiger partial charge in [-0.3, -0.25) is 0 Å². The molecule has 0 saturated carbocycles. The molecule has 2 heterocycles. The van der Waals surface area contributed by atoms with E-state index in [4.69, 9.17) is 0 Å². The minimum absolute atomic E-state index is 0.293. The normalized spacial score (nSPS) is 31.0. The summed E-state index contributed by atoms with van der Waals surface area (Å²) in [6.07, 6.45) is 2.48. The molecule has 110 valence electrons. The van der Waals surface area contributed by atoms with E-state index >= 15 is 0 Å². The molecule has 0 aliphatic carbocycles. The van der Waals surface area contributed by atoms with Gasteiger partial charge in [-0.15, -0.1) is 11.8 Å². The van der Waals surface area contributed by atoms with Crippen LogP contribution in [0.4, 0.5) is 0 Å². The Bertz CT molecular complexity index is 462. The molecule has 20 heavy (non-hydrogen) atoms. The number of hydrogen-bond acceptors (Lipinski definition) is 3. The van der Waals surface area contributed by atoms with Gasteiger partial charge in [-0.1, -0.05) is 25.1 Å². The Labute approximate surface area is 127 Å². The van der Waals surface area contributed by atoms with E-state index in [0.717, 1.165) is 12.5 Å². The third-order valence-corrected chi connectivity index (χ3v) is 6.09. The molecule has 0 aromatic heterocycles. The summed E-state index contributed by atoms with van der Waals surface area (Å²) in [5.74, 6) is 1.97. The van der Waals surface area contributed by atoms with Crippen LogP contribution in [0.1, 0.15) is 38.2 Å². The van der Waals surface area contributed by atoms with E-state index in [-0.39, 0.29) is 0 Å². The van der Waals surface area contributed by atoms with Gasteiger partial charge in [0, 0.05) is 35.2 Å². The predicted octanol–water partition coefficient (Wildman–Crippen LogP) is 3.34. The molecule has 1 N–H and O–H groups in total. The molecule has 1 fully saturated rings. The van der Waals surface area contributed by atoms with Gasteiger partial charge in [-0.2, -0.15) is 0 Å². The summed E-state index contributed by atoms with van der Waals surface area (Å²) in [6, 6.07) is 8.96. The number of hydrogen-bond donors (Lipinski definition) is 1. The third-order valence-electron chi connectivity index (χ3n) is 4.83. The van der Waals surface area contributed by atoms with Crippen molar-refractivity contribution in [3.8, 4) is 0 Å². The molecule has 1 saturated heterocycles. The number of rotatable bonds is 3. The predicted molar refractivity (Wildman–Crippen MR) is 87.7 cm³/mol. The Morgan fingerprint density at radius 1 is 1.40 bits per heavy atom. The van der Waals surface area contributed by atoms with E-state index in [1.54, 1.807) is 5.56 Å². The highest BCUT2D eigenvalue weighted by molar-refractivity contribution is 7.99. The molecule has 3 heteroatoms. The SMILES string of the molecule is CCC1(C)CN(CC2CSc3ccccc32)CCCN1. The second-order valence-electron chi connectivity index (χ2n) is 6.48. The van der Waals surface area contributed by atoms with Crippen molar-refractivity contribution in [2.24, 2.45) is 0 Å². The fourth-order valence-electron chi connectivity index (χ4n) is 3.41. The third kappa shape index (κ3) is 3.05. The number of fused-ring (bicyclic) bond motifs is 1. The summed E-state index contributed by atoms with van der Waals surface area (Å²) in [6.45, 7) is 9.50. The van der Waals surface area contributed by atoms with E-state index in [1.165, 1.54) is 43.1 Å². The van der Waals surface area contributed by atoms with E-state index in [0.29, 0.717) is 5.54 Å². The van der Waals surface area contributed by atoms with Crippen molar-refractivity contribution < 1.29 is 0 Å². The molecule has 0 bridgehead atoms. The van der Waals surface area contributed by atoms with Gasteiger partial charge in [0.25, 0.3) is 0 Å². The smallest absolute Gasteiger partial charge is 0.0277 e. The largest absolute Gasteiger partial charge is 0.310 e. The van der Waals surface area contributed by atoms with Gasteiger partial charge < -0.3 is 10.2 Å². The summed E-state index contributed by atoms with van der Waals surface area (Å²) >= 11 is 2.03. The molecule has 2 aliphatic rings. The lowest BCUT2D eigenvalue weighted by Crippen LogP contribution is -2.49. The van der Waals surface area contributed by atoms with Crippen molar-refractivity contribution >= 4 is 11.8 Å². The van der Waals surface area contributed by atoms with Crippen LogP contribution in [-0.2, 0) is 0 Å². The van der Waals surface area contributed by atoms with Crippen LogP contribution < -0.4 is 5.32 Å². The number of thioether (sulfide) groups is 1. The summed E-state index contributed by atoms with van der Waals surface area (Å²) < 4.78 is 0. The van der Waals surface area contributed by atoms with Crippen LogP contribution in [0.25, 0.3) is 0 Å². The molecule has 1 aromatic carbocycles. The van der Waals surface area contributed by atoms with E-state index in [2.05, 4.69) is 48.3 Å². The lowest BCUT2D eigenvalue weighted by molar-refractivity contribution is 0.208. The highest BCUT2D eigenvalue weighted by Crippen LogP contribution is 2.39. The first-order chi connectivity index (χ1) is 9.70. The van der Waals surface area contributed by atoms with Crippen LogP contribution in [0.5, 0.6) is 0 Å². The minimum Gasteiger partial charge on any atom is -0.310 e. The number of nitrogens with one attached hydrogen (secondary N) is 1. The molecule has 3 rings (SSSR count). The second kappa shape index (κ2) is 6.08. The molecule has 2 unspecified atom stereocenters. The van der Waals surface area contributed by atoms with Crippen molar-refractivity contribution in [1.82, 2.24) is 10.2 Å². The fraction of sp³-hybridized carbons (Fsp3) is 0.647. The quantitative estimate of drug-likeness (QED) is 0.919. The van der Waals surface area contributed by atoms with E-state index in [1.807, 2.05) is 11.8 Å². The molecular weight excluding hydrogens is 264 g/mol. The fourth-order valence-corrected chi connectivity index (χ4v) is 4.65. The standard InChI is InChI=1S/C17H26N2S/c1-3-17(2)13-19(10-6-9-18-17)11-14-12-20-16-8-5-4-7-15(14)16/h4-5,7-8,14,18H,3,6,9-13H2,1-2H3. The molecule has 0 amide bonds. The zero-order valence-corrected chi connectivity index (χ0v) is 13.5. The van der Waals surface area contributed by atoms with Gasteiger partial charge in [-0.05, 0) is 44.5 Å². The highest BCUT2D eigenvalue weighted by atomic mass is 32.2. The lowest BCUT2D eigenvalue weighted by Gasteiger charge is -2.34. The van der Waals surface area contributed by atoms with Crippen molar-refractivity contribution in [1.29, 1.82) is 0 Å². The summed E-state index contributed by atoms with van der Waals surface area (Å²) in [4.78, 5) is 4.19. The number of benzene rings is 1. The van der Waals surface area contributed by atoms with E-state index < -0.39 is 0 Å². The summed E-state index contributed by atoms with van der Waals surface area (Å²) in [5, 5.41) is 3.73. The maximum absolute atomic E-state index is 3.73. The van der Waals surface area contributed by atoms with Crippen LogP contribution in [0.15, 0.2) is 29.2 Å². The van der Waals surface area contributed by atoms with Crippen LogP contribution in [0.2, 0.25) is 0 Å². The first-order valence-corrected chi connectivity index (χ1v) is 8.88. The molecule has 0 radical (unpaired) electrons. The molecule has 1 aromatic rings. The van der Waals surface area contributed by atoms with Gasteiger partial charge >= 0.3 is 0 Å². The molecule has 2 atom stereocenters. The summed E-state index contributed by atoms with van der Waals surface area (Å²) in [5.41, 5.74) is 1.87. The van der Waals surface area contributed by atoms with Gasteiger partial charge in [0.1, 0.15) is 0 Å². The topological polar surface area (TPSA) is 15.3 Å². The van der Waals surface area contributed by atoms with Crippen molar-refractivity contribution in [3.63, 3.8) is 0 Å². The molecule has 2 nitrogen and oxygen atoms in total. The minimum atomic E-state index is 0.293. The second-order valence-corrected chi connectivity index (χ2v) is 7.54.